The first-order chi connectivity index (χ1) is 7.26. The molecule has 0 fully saturated rings. The molecule has 8 heteroatoms. The number of alkyl halides is 3. The van der Waals surface area contributed by atoms with E-state index in [1.54, 1.807) is 0 Å². The minimum Gasteiger partial charge on any atom is -0.464 e. The van der Waals surface area contributed by atoms with E-state index < -0.39 is 24.3 Å². The van der Waals surface area contributed by atoms with Gasteiger partial charge in [0.1, 0.15) is 5.82 Å². The van der Waals surface area contributed by atoms with Crippen molar-refractivity contribution in [3.63, 3.8) is 0 Å². The van der Waals surface area contributed by atoms with E-state index in [0.717, 1.165) is 11.8 Å². The number of nitrogens with zero attached hydrogens (tertiary/aromatic N) is 2. The molecule has 5 nitrogen and oxygen atoms in total. The maximum atomic E-state index is 12.2. The Morgan fingerprint density at radius 2 is 2.12 bits per heavy atom. The first kappa shape index (κ1) is 12.3. The fourth-order valence-electron chi connectivity index (χ4n) is 1.22. The van der Waals surface area contributed by atoms with Gasteiger partial charge in [-0.25, -0.2) is 4.79 Å². The third-order valence-electron chi connectivity index (χ3n) is 1.95. The number of carbonyl (C=O) groups is 1. The first-order valence-corrected chi connectivity index (χ1v) is 4.22. The van der Waals surface area contributed by atoms with Crippen LogP contribution >= 0.6 is 0 Å². The second-order valence-electron chi connectivity index (χ2n) is 3.12. The number of aromatic nitrogens is 2. The van der Waals surface area contributed by atoms with Gasteiger partial charge in [0.25, 0.3) is 0 Å². The lowest BCUT2D eigenvalue weighted by atomic mass is 10.1. The fourth-order valence-corrected chi connectivity index (χ4v) is 1.22. The predicted molar refractivity (Wildman–Crippen MR) is 48.7 cm³/mol. The highest BCUT2D eigenvalue weighted by Gasteiger charge is 2.33. The standard InChI is InChI=1S/C8H10F3N3O2/c1-14-6(12)4(3-8(9,10)11)5(13-14)7(15)16-2/h3,12H2,1-2H3. The molecular formula is C8H10F3N3O2. The minimum atomic E-state index is -4.46. The Morgan fingerprint density at radius 1 is 1.56 bits per heavy atom. The van der Waals surface area contributed by atoms with Crippen LogP contribution in [0.3, 0.4) is 0 Å². The van der Waals surface area contributed by atoms with Crippen molar-refractivity contribution >= 4 is 11.8 Å². The number of hydrogen-bond acceptors (Lipinski definition) is 4. The molecule has 0 aliphatic carbocycles. The van der Waals surface area contributed by atoms with Crippen molar-refractivity contribution in [2.24, 2.45) is 7.05 Å². The number of nitrogens with two attached hydrogens (primary N) is 1. The number of hydrogen-bond donors (Lipinski definition) is 1. The summed E-state index contributed by atoms with van der Waals surface area (Å²) in [7, 11) is 2.41. The molecule has 1 rings (SSSR count). The molecule has 1 aromatic heterocycles. The lowest BCUT2D eigenvalue weighted by Gasteiger charge is -2.06. The summed E-state index contributed by atoms with van der Waals surface area (Å²) in [5, 5.41) is 3.58. The summed E-state index contributed by atoms with van der Waals surface area (Å²) < 4.78 is 42.0. The summed E-state index contributed by atoms with van der Waals surface area (Å²) in [5.74, 6) is -1.13. The van der Waals surface area contributed by atoms with Gasteiger partial charge in [0, 0.05) is 12.6 Å². The van der Waals surface area contributed by atoms with Gasteiger partial charge in [-0.3, -0.25) is 4.68 Å². The number of halogens is 3. The average Bonchev–Trinajstić information content (AvgIpc) is 2.43. The Balaban J connectivity index is 3.19. The van der Waals surface area contributed by atoms with E-state index in [1.807, 2.05) is 0 Å². The normalized spacial score (nSPS) is 11.6. The molecule has 0 spiro atoms. The summed E-state index contributed by atoms with van der Waals surface area (Å²) in [6.45, 7) is 0. The molecule has 0 unspecified atom stereocenters. The number of rotatable bonds is 2. The molecule has 0 saturated heterocycles. The van der Waals surface area contributed by atoms with Crippen molar-refractivity contribution in [1.82, 2.24) is 9.78 Å². The van der Waals surface area contributed by atoms with E-state index in [1.165, 1.54) is 7.05 Å². The summed E-state index contributed by atoms with van der Waals surface area (Å²) in [5.41, 5.74) is 4.63. The Kier molecular flexibility index (Phi) is 3.11. The van der Waals surface area contributed by atoms with Gasteiger partial charge in [-0.1, -0.05) is 0 Å². The number of anilines is 1. The van der Waals surface area contributed by atoms with Crippen molar-refractivity contribution in [2.75, 3.05) is 12.8 Å². The topological polar surface area (TPSA) is 70.1 Å². The van der Waals surface area contributed by atoms with E-state index in [0.29, 0.717) is 0 Å². The van der Waals surface area contributed by atoms with Crippen LogP contribution < -0.4 is 5.73 Å². The molecule has 0 radical (unpaired) electrons. The largest absolute Gasteiger partial charge is 0.464 e. The Labute approximate surface area is 89.0 Å². The zero-order chi connectivity index (χ0) is 12.5. The van der Waals surface area contributed by atoms with Crippen LogP contribution in [0.2, 0.25) is 0 Å². The van der Waals surface area contributed by atoms with Gasteiger partial charge in [0.05, 0.1) is 13.5 Å². The van der Waals surface area contributed by atoms with Gasteiger partial charge < -0.3 is 10.5 Å². The van der Waals surface area contributed by atoms with Crippen LogP contribution in [0.1, 0.15) is 16.1 Å². The average molecular weight is 237 g/mol. The zero-order valence-electron chi connectivity index (χ0n) is 8.63. The second-order valence-corrected chi connectivity index (χ2v) is 3.12. The van der Waals surface area contributed by atoms with Crippen LogP contribution in [0.4, 0.5) is 19.0 Å². The van der Waals surface area contributed by atoms with Gasteiger partial charge >= 0.3 is 12.1 Å². The molecule has 2 N–H and O–H groups in total. The molecular weight excluding hydrogens is 227 g/mol. The molecule has 0 saturated carbocycles. The van der Waals surface area contributed by atoms with Crippen LogP contribution in [-0.2, 0) is 18.2 Å². The number of esters is 1. The van der Waals surface area contributed by atoms with Gasteiger partial charge in [-0.2, -0.15) is 18.3 Å². The Bertz CT molecular complexity index is 411. The van der Waals surface area contributed by atoms with Crippen molar-refractivity contribution in [2.45, 2.75) is 12.6 Å². The number of carbonyl (C=O) groups excluding carboxylic acids is 1. The summed E-state index contributed by atoms with van der Waals surface area (Å²) in [4.78, 5) is 11.2. The molecule has 0 atom stereocenters. The SMILES string of the molecule is COC(=O)c1nn(C)c(N)c1CC(F)(F)F. The maximum absolute atomic E-state index is 12.2. The van der Waals surface area contributed by atoms with E-state index in [2.05, 4.69) is 9.84 Å². The quantitative estimate of drug-likeness (QED) is 0.775. The molecule has 0 aliphatic heterocycles. The van der Waals surface area contributed by atoms with Gasteiger partial charge in [-0.05, 0) is 0 Å². The molecule has 0 aliphatic rings. The van der Waals surface area contributed by atoms with E-state index >= 15 is 0 Å². The van der Waals surface area contributed by atoms with Crippen LogP contribution in [0.15, 0.2) is 0 Å². The highest BCUT2D eigenvalue weighted by molar-refractivity contribution is 5.90. The Hall–Kier alpha value is -1.73. The van der Waals surface area contributed by atoms with E-state index in [-0.39, 0.29) is 11.4 Å². The highest BCUT2D eigenvalue weighted by atomic mass is 19.4. The first-order valence-electron chi connectivity index (χ1n) is 4.22. The molecule has 16 heavy (non-hydrogen) atoms. The predicted octanol–water partition coefficient (Wildman–Crippen LogP) is 0.894. The van der Waals surface area contributed by atoms with Crippen LogP contribution in [-0.4, -0.2) is 29.0 Å². The van der Waals surface area contributed by atoms with Crippen molar-refractivity contribution < 1.29 is 22.7 Å². The minimum absolute atomic E-state index is 0.197. The fraction of sp³-hybridized carbons (Fsp3) is 0.500. The van der Waals surface area contributed by atoms with Crippen LogP contribution in [0.5, 0.6) is 0 Å². The van der Waals surface area contributed by atoms with Crippen molar-refractivity contribution in [3.8, 4) is 0 Å². The van der Waals surface area contributed by atoms with Gasteiger partial charge in [0.15, 0.2) is 5.69 Å². The lowest BCUT2D eigenvalue weighted by molar-refractivity contribution is -0.127. The van der Waals surface area contributed by atoms with Crippen molar-refractivity contribution in [3.05, 3.63) is 11.3 Å². The van der Waals surface area contributed by atoms with E-state index in [9.17, 15) is 18.0 Å². The van der Waals surface area contributed by atoms with Gasteiger partial charge in [-0.15, -0.1) is 0 Å². The van der Waals surface area contributed by atoms with Crippen molar-refractivity contribution in [1.29, 1.82) is 0 Å². The highest BCUT2D eigenvalue weighted by Crippen LogP contribution is 2.27. The van der Waals surface area contributed by atoms with Crippen LogP contribution in [0, 0.1) is 0 Å². The summed E-state index contributed by atoms with van der Waals surface area (Å²) >= 11 is 0. The Morgan fingerprint density at radius 3 is 2.56 bits per heavy atom. The molecule has 1 aromatic rings. The summed E-state index contributed by atoms with van der Waals surface area (Å²) in [6.07, 6.45) is -5.77. The van der Waals surface area contributed by atoms with Gasteiger partial charge in [0.2, 0.25) is 0 Å². The molecule has 0 amide bonds. The zero-order valence-corrected chi connectivity index (χ0v) is 8.63. The summed E-state index contributed by atoms with van der Waals surface area (Å²) in [6, 6.07) is 0. The second kappa shape index (κ2) is 4.03. The molecule has 90 valence electrons. The molecule has 1 heterocycles. The monoisotopic (exact) mass is 237 g/mol. The molecule has 0 bridgehead atoms. The number of nitrogen functional groups attached to an aromatic ring is 1. The van der Waals surface area contributed by atoms with E-state index in [4.69, 9.17) is 5.73 Å². The number of ether oxygens (including phenoxy) is 1. The number of methoxy groups -OCH3 is 1. The lowest BCUT2D eigenvalue weighted by Crippen LogP contribution is -2.16. The third-order valence-corrected chi connectivity index (χ3v) is 1.95. The maximum Gasteiger partial charge on any atom is 0.393 e. The smallest absolute Gasteiger partial charge is 0.393 e. The third kappa shape index (κ3) is 2.44. The van der Waals surface area contributed by atoms with Crippen LogP contribution in [0.25, 0.3) is 0 Å². The number of aryl methyl sites for hydroxylation is 1. The molecule has 0 aromatic carbocycles.